The second-order valence-corrected chi connectivity index (χ2v) is 6.04. The highest BCUT2D eigenvalue weighted by Gasteiger charge is 2.14. The minimum absolute atomic E-state index is 0.168. The second kappa shape index (κ2) is 7.31. The van der Waals surface area contributed by atoms with Crippen LogP contribution in [0.2, 0.25) is 0 Å². The Hall–Kier alpha value is -3.28. The highest BCUT2D eigenvalue weighted by Crippen LogP contribution is 2.21. The van der Waals surface area contributed by atoms with Gasteiger partial charge in [-0.15, -0.1) is 0 Å². The van der Waals surface area contributed by atoms with E-state index in [1.807, 2.05) is 32.0 Å². The number of nitrogens with zero attached hydrogens (tertiary/aromatic N) is 2. The third-order valence-electron chi connectivity index (χ3n) is 3.93. The third-order valence-corrected chi connectivity index (χ3v) is 3.93. The van der Waals surface area contributed by atoms with Gasteiger partial charge in [0.2, 0.25) is 5.95 Å². The van der Waals surface area contributed by atoms with E-state index in [1.54, 1.807) is 31.2 Å². The molecule has 26 heavy (non-hydrogen) atoms. The van der Waals surface area contributed by atoms with Crippen LogP contribution in [-0.2, 0) is 0 Å². The number of benzene rings is 2. The molecule has 1 amide bonds. The highest BCUT2D eigenvalue weighted by molar-refractivity contribution is 6.04. The molecule has 2 aromatic carbocycles. The molecule has 0 bridgehead atoms. The van der Waals surface area contributed by atoms with E-state index in [1.165, 1.54) is 6.07 Å². The predicted octanol–water partition coefficient (Wildman–Crippen LogP) is 4.54. The molecule has 0 saturated carbocycles. The fraction of sp³-hybridized carbons (Fsp3) is 0.150. The molecule has 1 heterocycles. The topological polar surface area (TPSA) is 66.9 Å². The number of carbonyl (C=O) groups is 1. The maximum Gasteiger partial charge on any atom is 0.274 e. The molecule has 5 nitrogen and oxygen atoms in total. The first-order chi connectivity index (χ1) is 12.4. The van der Waals surface area contributed by atoms with E-state index in [2.05, 4.69) is 20.6 Å². The molecule has 0 atom stereocenters. The molecule has 6 heteroatoms. The van der Waals surface area contributed by atoms with Crippen LogP contribution >= 0.6 is 0 Å². The minimum Gasteiger partial charge on any atom is -0.322 e. The van der Waals surface area contributed by atoms with Gasteiger partial charge < -0.3 is 10.6 Å². The van der Waals surface area contributed by atoms with E-state index in [0.29, 0.717) is 5.69 Å². The van der Waals surface area contributed by atoms with Gasteiger partial charge in [0.15, 0.2) is 0 Å². The van der Waals surface area contributed by atoms with Crippen LogP contribution in [0.15, 0.2) is 48.5 Å². The monoisotopic (exact) mass is 350 g/mol. The Balaban J connectivity index is 1.87. The van der Waals surface area contributed by atoms with Crippen molar-refractivity contribution in [2.75, 3.05) is 10.6 Å². The summed E-state index contributed by atoms with van der Waals surface area (Å²) < 4.78 is 13.8. The fourth-order valence-electron chi connectivity index (χ4n) is 2.61. The first-order valence-corrected chi connectivity index (χ1v) is 8.19. The number of carbonyl (C=O) groups excluding carboxylic acids is 1. The molecular weight excluding hydrogens is 331 g/mol. The zero-order chi connectivity index (χ0) is 18.7. The number of aromatic nitrogens is 2. The Bertz CT molecular complexity index is 952. The molecule has 2 N–H and O–H groups in total. The lowest BCUT2D eigenvalue weighted by atomic mass is 10.1. The molecular formula is C20H19FN4O. The van der Waals surface area contributed by atoms with Gasteiger partial charge in [-0.25, -0.2) is 14.4 Å². The van der Waals surface area contributed by atoms with Gasteiger partial charge in [0.05, 0.1) is 5.69 Å². The van der Waals surface area contributed by atoms with Crippen molar-refractivity contribution in [3.8, 4) is 0 Å². The van der Waals surface area contributed by atoms with E-state index >= 15 is 0 Å². The molecule has 0 unspecified atom stereocenters. The van der Waals surface area contributed by atoms with Crippen molar-refractivity contribution in [3.05, 3.63) is 76.9 Å². The lowest BCUT2D eigenvalue weighted by Crippen LogP contribution is -2.17. The van der Waals surface area contributed by atoms with Crippen LogP contribution in [0.3, 0.4) is 0 Å². The van der Waals surface area contributed by atoms with Gasteiger partial charge in [-0.1, -0.05) is 30.3 Å². The number of para-hydroxylation sites is 2. The lowest BCUT2D eigenvalue weighted by Gasteiger charge is -2.12. The number of nitrogens with one attached hydrogen (secondary N) is 2. The smallest absolute Gasteiger partial charge is 0.274 e. The summed E-state index contributed by atoms with van der Waals surface area (Å²) in [5, 5.41) is 5.71. The number of rotatable bonds is 4. The van der Waals surface area contributed by atoms with Crippen LogP contribution < -0.4 is 10.6 Å². The minimum atomic E-state index is -0.417. The van der Waals surface area contributed by atoms with Gasteiger partial charge in [0.1, 0.15) is 11.5 Å². The van der Waals surface area contributed by atoms with Crippen molar-refractivity contribution >= 4 is 23.2 Å². The van der Waals surface area contributed by atoms with E-state index in [4.69, 9.17) is 0 Å². The second-order valence-electron chi connectivity index (χ2n) is 6.04. The van der Waals surface area contributed by atoms with Crippen LogP contribution in [0.25, 0.3) is 0 Å². The predicted molar refractivity (Wildman–Crippen MR) is 100 cm³/mol. The number of hydrogen-bond donors (Lipinski definition) is 2. The number of hydrogen-bond acceptors (Lipinski definition) is 4. The molecule has 0 spiro atoms. The summed E-state index contributed by atoms with van der Waals surface area (Å²) in [5.41, 5.74) is 3.75. The van der Waals surface area contributed by atoms with Crippen LogP contribution in [0.1, 0.15) is 27.3 Å². The summed E-state index contributed by atoms with van der Waals surface area (Å²) in [6.07, 6.45) is 0. The zero-order valence-corrected chi connectivity index (χ0v) is 14.8. The van der Waals surface area contributed by atoms with Gasteiger partial charge in [-0.05, 0) is 50.1 Å². The number of amides is 1. The molecule has 0 saturated heterocycles. The average molecular weight is 350 g/mol. The Morgan fingerprint density at radius 1 is 0.962 bits per heavy atom. The quantitative estimate of drug-likeness (QED) is 0.725. The first kappa shape index (κ1) is 17.5. The Morgan fingerprint density at radius 2 is 1.65 bits per heavy atom. The molecule has 3 aromatic rings. The van der Waals surface area contributed by atoms with Gasteiger partial charge in [0.25, 0.3) is 5.91 Å². The number of anilines is 3. The van der Waals surface area contributed by atoms with Gasteiger partial charge in [-0.3, -0.25) is 4.79 Å². The van der Waals surface area contributed by atoms with Crippen molar-refractivity contribution < 1.29 is 9.18 Å². The average Bonchev–Trinajstić information content (AvgIpc) is 2.59. The summed E-state index contributed by atoms with van der Waals surface area (Å²) in [4.78, 5) is 21.1. The Kier molecular flexibility index (Phi) is 4.93. The van der Waals surface area contributed by atoms with Gasteiger partial charge in [-0.2, -0.15) is 0 Å². The third kappa shape index (κ3) is 3.85. The van der Waals surface area contributed by atoms with Crippen LogP contribution in [0.4, 0.5) is 21.7 Å². The van der Waals surface area contributed by atoms with Crippen molar-refractivity contribution in [1.29, 1.82) is 0 Å². The van der Waals surface area contributed by atoms with Crippen molar-refractivity contribution in [2.24, 2.45) is 0 Å². The lowest BCUT2D eigenvalue weighted by molar-refractivity contribution is 0.102. The number of aryl methyl sites for hydroxylation is 3. The maximum absolute atomic E-state index is 13.8. The van der Waals surface area contributed by atoms with E-state index < -0.39 is 5.82 Å². The van der Waals surface area contributed by atoms with E-state index in [0.717, 1.165) is 16.8 Å². The summed E-state index contributed by atoms with van der Waals surface area (Å²) >= 11 is 0. The molecule has 3 rings (SSSR count). The van der Waals surface area contributed by atoms with E-state index in [-0.39, 0.29) is 23.2 Å². The van der Waals surface area contributed by atoms with E-state index in [9.17, 15) is 9.18 Å². The van der Waals surface area contributed by atoms with Crippen LogP contribution in [0.5, 0.6) is 0 Å². The summed E-state index contributed by atoms with van der Waals surface area (Å²) in [6.45, 7) is 5.61. The van der Waals surface area contributed by atoms with Gasteiger partial charge in [0, 0.05) is 11.4 Å². The van der Waals surface area contributed by atoms with Crippen LogP contribution in [-0.4, -0.2) is 15.9 Å². The molecule has 0 radical (unpaired) electrons. The largest absolute Gasteiger partial charge is 0.322 e. The normalized spacial score (nSPS) is 10.5. The summed E-state index contributed by atoms with van der Waals surface area (Å²) in [7, 11) is 0. The summed E-state index contributed by atoms with van der Waals surface area (Å²) in [6, 6.07) is 13.6. The van der Waals surface area contributed by atoms with Crippen molar-refractivity contribution in [2.45, 2.75) is 20.8 Å². The molecule has 0 aliphatic rings. The molecule has 1 aromatic heterocycles. The maximum atomic E-state index is 13.8. The Morgan fingerprint density at radius 3 is 2.35 bits per heavy atom. The SMILES string of the molecule is Cc1cc(C(=O)Nc2c(C)cccc2C)nc(Nc2ccccc2F)n1. The first-order valence-electron chi connectivity index (χ1n) is 8.19. The zero-order valence-electron chi connectivity index (χ0n) is 14.8. The molecule has 0 fully saturated rings. The van der Waals surface area contributed by atoms with Crippen LogP contribution in [0, 0.1) is 26.6 Å². The molecule has 0 aliphatic heterocycles. The highest BCUT2D eigenvalue weighted by atomic mass is 19.1. The van der Waals surface area contributed by atoms with Crippen molar-refractivity contribution in [3.63, 3.8) is 0 Å². The van der Waals surface area contributed by atoms with Gasteiger partial charge >= 0.3 is 0 Å². The fourth-order valence-corrected chi connectivity index (χ4v) is 2.61. The van der Waals surface area contributed by atoms with Crippen molar-refractivity contribution in [1.82, 2.24) is 9.97 Å². The Labute approximate surface area is 151 Å². The summed E-state index contributed by atoms with van der Waals surface area (Å²) in [5.74, 6) is -0.592. The molecule has 0 aliphatic carbocycles. The standard InChI is InChI=1S/C20H19FN4O/c1-12-7-6-8-13(2)18(12)25-19(26)17-11-14(3)22-20(24-17)23-16-10-5-4-9-15(16)21/h4-11H,1-3H3,(H,25,26)(H,22,23,24). The number of halogens is 1. The molecule has 132 valence electrons.